The molecule has 0 N–H and O–H groups in total. The monoisotopic (exact) mass is 473 g/mol. The van der Waals surface area contributed by atoms with E-state index < -0.39 is 0 Å². The van der Waals surface area contributed by atoms with Crippen molar-refractivity contribution in [2.24, 2.45) is 0 Å². The fourth-order valence-corrected chi connectivity index (χ4v) is 0. The van der Waals surface area contributed by atoms with Crippen LogP contribution in [0.25, 0.3) is 0 Å². The molecule has 0 aromatic heterocycles. The van der Waals surface area contributed by atoms with Gasteiger partial charge in [-0.2, -0.15) is 0 Å². The van der Waals surface area contributed by atoms with E-state index >= 15 is 0 Å². The van der Waals surface area contributed by atoms with Crippen molar-refractivity contribution in [1.82, 2.24) is 0 Å². The van der Waals surface area contributed by atoms with Crippen LogP contribution in [-0.2, 0) is 19.8 Å². The molecule has 0 saturated heterocycles. The van der Waals surface area contributed by atoms with Gasteiger partial charge < -0.3 is 5.71 Å². The predicted octanol–water partition coefficient (Wildman–Crippen LogP) is -1.62. The Balaban J connectivity index is -0.000000000238. The van der Waals surface area contributed by atoms with Crippen molar-refractivity contribution >= 4 is 113 Å². The first-order valence-corrected chi connectivity index (χ1v) is 0.508. The average molecular weight is 473 g/mol. The van der Waals surface area contributed by atoms with Crippen LogP contribution in [0.5, 0.6) is 0 Å². The van der Waals surface area contributed by atoms with Crippen LogP contribution >= 0.6 is 0 Å². The summed E-state index contributed by atoms with van der Waals surface area (Å²) in [6.45, 7) is 0. The van der Waals surface area contributed by atoms with Crippen molar-refractivity contribution in [3.8, 4) is 0 Å². The van der Waals surface area contributed by atoms with Crippen LogP contribution in [0.1, 0.15) is 5.71 Å². The Morgan fingerprint density at radius 3 is 1.40 bits per heavy atom. The molecule has 0 aliphatic heterocycles. The first-order valence-electron chi connectivity index (χ1n) is 0.123. The van der Waals surface area contributed by atoms with E-state index in [1.807, 2.05) is 0 Å². The molecule has 0 amide bonds. The summed E-state index contributed by atoms with van der Waals surface area (Å²) in [5.41, 5.74) is 0. The summed E-state index contributed by atoms with van der Waals surface area (Å²) in [5.74, 6) is 0. The van der Waals surface area contributed by atoms with Gasteiger partial charge in [0.15, 0.2) is 0 Å². The normalized spacial score (nSPS) is 1.20. The van der Waals surface area contributed by atoms with Crippen molar-refractivity contribution in [2.75, 3.05) is 0 Å². The van der Waals surface area contributed by atoms with Gasteiger partial charge in [0.1, 0.15) is 0 Å². The molecule has 1 nitrogen and oxygen atoms in total. The van der Waals surface area contributed by atoms with E-state index in [2.05, 4.69) is 15.9 Å². The van der Waals surface area contributed by atoms with Gasteiger partial charge in [-0.15, -0.1) is 0 Å². The van der Waals surface area contributed by atoms with Crippen LogP contribution in [0.15, 0.2) is 0 Å². The Kier molecular flexibility index (Phi) is 112. The minimum absolute atomic E-state index is 0. The second-order valence-corrected chi connectivity index (χ2v) is 0. The van der Waals surface area contributed by atoms with Crippen molar-refractivity contribution in [3.63, 3.8) is 0 Å². The van der Waals surface area contributed by atoms with E-state index in [9.17, 15) is 0 Å². The zero-order chi connectivity index (χ0) is 2.00. The molecular formula is H7BaBiCaCuO. The van der Waals surface area contributed by atoms with Crippen molar-refractivity contribution in [1.29, 1.82) is 0 Å². The maximum absolute atomic E-state index is 7.81. The third kappa shape index (κ3) is 18.0. The molecule has 0 aliphatic rings. The molecule has 0 unspecified atom stereocenters. The molecule has 0 spiro atoms. The van der Waals surface area contributed by atoms with Crippen LogP contribution in [0.4, 0.5) is 0 Å². The van der Waals surface area contributed by atoms with Gasteiger partial charge in [-0.05, 0) is 0 Å². The minimum atomic E-state index is 0. The molecule has 33 valence electrons. The van der Waals surface area contributed by atoms with Crippen molar-refractivity contribution < 1.29 is 25.5 Å². The van der Waals surface area contributed by atoms with Gasteiger partial charge in [0, 0.05) is 0 Å². The second-order valence-electron chi connectivity index (χ2n) is 0. The van der Waals surface area contributed by atoms with E-state index in [0.29, 0.717) is 0 Å². The van der Waals surface area contributed by atoms with Gasteiger partial charge >= 0.3 is 133 Å². The van der Waals surface area contributed by atoms with Crippen molar-refractivity contribution in [3.05, 3.63) is 0 Å². The van der Waals surface area contributed by atoms with Gasteiger partial charge in [-0.3, -0.25) is 0 Å². The molecule has 0 rings (SSSR count). The Bertz CT molecular complexity index is 20.5. The van der Waals surface area contributed by atoms with Gasteiger partial charge in [-0.25, -0.2) is 0 Å². The van der Waals surface area contributed by atoms with Gasteiger partial charge in [0.05, 0.1) is 0 Å². The van der Waals surface area contributed by atoms with Gasteiger partial charge in [0.25, 0.3) is 0 Å². The van der Waals surface area contributed by atoms with Crippen LogP contribution in [0.3, 0.4) is 0 Å². The molecule has 0 fully saturated rings. The van der Waals surface area contributed by atoms with Crippen molar-refractivity contribution in [2.45, 2.75) is 0 Å². The third-order valence-corrected chi connectivity index (χ3v) is 0. The molecule has 0 bridgehead atoms. The Hall–Kier alpha value is 4.03. The van der Waals surface area contributed by atoms with Crippen LogP contribution in [0.2, 0.25) is 0 Å². The van der Waals surface area contributed by atoms with E-state index in [4.69, 9.17) is 3.83 Å². The first-order chi connectivity index (χ1) is 1.00. The summed E-state index contributed by atoms with van der Waals surface area (Å²) in [4.78, 5) is 0. The third-order valence-electron chi connectivity index (χ3n) is 0. The maximum atomic E-state index is 7.81. The molecule has 0 heterocycles. The predicted molar refractivity (Wildman–Crippen MR) is 26.6 cm³/mol. The van der Waals surface area contributed by atoms with Crippen LogP contribution in [-0.4, -0.2) is 113 Å². The SMILES string of the molecule is [Ba+2].[BiH3].[Ca+2].[H-].[H-].[H-].[H-].[O]=[Cu]. The number of rotatable bonds is 0. The molecule has 5 heteroatoms. The topological polar surface area (TPSA) is 17.1 Å². The number of hydrogen-bond acceptors (Lipinski definition) is 1. The molecule has 0 radical (unpaired) electrons. The van der Waals surface area contributed by atoms with Gasteiger partial charge in [-0.1, -0.05) is 0 Å². The molecule has 0 atom stereocenters. The fourth-order valence-electron chi connectivity index (χ4n) is 0. The molecule has 0 aromatic carbocycles. The molecule has 0 aliphatic carbocycles. The van der Waals surface area contributed by atoms with E-state index in [1.165, 1.54) is 0 Å². The fraction of sp³-hybridized carbons (Fsp3) is 0. The first kappa shape index (κ1) is 23.0. The molecular weight excluding hydrogens is 466 g/mol. The summed E-state index contributed by atoms with van der Waals surface area (Å²) in [7, 11) is 0. The quantitative estimate of drug-likeness (QED) is 0.388. The van der Waals surface area contributed by atoms with E-state index in [1.54, 1.807) is 0 Å². The summed E-state index contributed by atoms with van der Waals surface area (Å²) >= 11 is 2.94. The second kappa shape index (κ2) is 24.4. The standard InChI is InChI=1S/Ba.Bi.Ca.Cu.O.7H/q+2;;+2;;;;;;4*-1. The summed E-state index contributed by atoms with van der Waals surface area (Å²) in [6.07, 6.45) is 0. The number of hydrogen-bond donors (Lipinski definition) is 0. The Morgan fingerprint density at radius 2 is 1.40 bits per heavy atom. The molecule has 0 aromatic rings. The molecule has 0 saturated carbocycles. The summed E-state index contributed by atoms with van der Waals surface area (Å²) in [5, 5.41) is 0. The van der Waals surface area contributed by atoms with Crippen LogP contribution in [0, 0.1) is 0 Å². The average Bonchev–Trinajstić information content (AvgIpc) is 1.00. The zero-order valence-corrected chi connectivity index (χ0v) is 15.9. The van der Waals surface area contributed by atoms with Crippen LogP contribution < -0.4 is 0 Å². The van der Waals surface area contributed by atoms with Gasteiger partial charge in [0.2, 0.25) is 0 Å². The zero-order valence-electron chi connectivity index (χ0n) is 6.83. The Labute approximate surface area is 135 Å². The Morgan fingerprint density at radius 1 is 1.40 bits per heavy atom. The van der Waals surface area contributed by atoms with E-state index in [0.717, 1.165) is 0 Å². The summed E-state index contributed by atoms with van der Waals surface area (Å²) in [6, 6.07) is 0. The molecule has 5 heavy (non-hydrogen) atoms. The summed E-state index contributed by atoms with van der Waals surface area (Å²) < 4.78 is 7.81. The van der Waals surface area contributed by atoms with E-state index in [-0.39, 0.29) is 119 Å².